The van der Waals surface area contributed by atoms with Gasteiger partial charge in [0.1, 0.15) is 0 Å². The molecule has 2 aromatic heterocycles. The first kappa shape index (κ1) is 7.32. The average molecular weight is 189 g/mol. The Bertz CT molecular complexity index is 518. The van der Waals surface area contributed by atoms with Gasteiger partial charge in [-0.15, -0.1) is 0 Å². The molecule has 0 fully saturated rings. The lowest BCUT2D eigenvalue weighted by Crippen LogP contribution is -1.74. The predicted octanol–water partition coefficient (Wildman–Crippen LogP) is 2.33. The zero-order chi connectivity index (χ0) is 9.71. The Morgan fingerprint density at radius 3 is 2.79 bits per heavy atom. The number of phenolic OH excluding ortho intramolecular Hbond substituents is 2. The second kappa shape index (κ2) is 2.23. The minimum absolute atomic E-state index is 0.0547. The predicted molar refractivity (Wildman–Crippen MR) is 51.4 cm³/mol. The van der Waals surface area contributed by atoms with Gasteiger partial charge in [0.05, 0.1) is 17.2 Å². The van der Waals surface area contributed by atoms with E-state index in [4.69, 9.17) is 4.42 Å². The van der Waals surface area contributed by atoms with Crippen molar-refractivity contribution < 1.29 is 14.6 Å². The van der Waals surface area contributed by atoms with Crippen LogP contribution in [0.1, 0.15) is 0 Å². The molecule has 4 heteroatoms. The molecule has 0 bridgehead atoms. The molecule has 14 heavy (non-hydrogen) atoms. The molecule has 3 N–H and O–H groups in total. The molecule has 2 heterocycles. The van der Waals surface area contributed by atoms with E-state index in [1.807, 2.05) is 0 Å². The van der Waals surface area contributed by atoms with Crippen molar-refractivity contribution in [1.82, 2.24) is 4.98 Å². The zero-order valence-electron chi connectivity index (χ0n) is 7.11. The van der Waals surface area contributed by atoms with Crippen LogP contribution in [0.2, 0.25) is 0 Å². The third-order valence-corrected chi connectivity index (χ3v) is 2.37. The quantitative estimate of drug-likeness (QED) is 0.475. The Morgan fingerprint density at radius 2 is 1.93 bits per heavy atom. The Balaban J connectivity index is 2.72. The van der Waals surface area contributed by atoms with Crippen LogP contribution in [-0.4, -0.2) is 15.2 Å². The van der Waals surface area contributed by atoms with E-state index in [0.717, 1.165) is 0 Å². The minimum Gasteiger partial charge on any atom is -0.505 e. The third kappa shape index (κ3) is 0.682. The van der Waals surface area contributed by atoms with Crippen LogP contribution < -0.4 is 0 Å². The molecular weight excluding hydrogens is 182 g/mol. The van der Waals surface area contributed by atoms with Gasteiger partial charge in [-0.2, -0.15) is 0 Å². The summed E-state index contributed by atoms with van der Waals surface area (Å²) in [7, 11) is 0. The van der Waals surface area contributed by atoms with E-state index in [9.17, 15) is 10.2 Å². The molecule has 0 aliphatic rings. The van der Waals surface area contributed by atoms with E-state index < -0.39 is 0 Å². The number of aromatic amines is 1. The van der Waals surface area contributed by atoms with Crippen molar-refractivity contribution in [1.29, 1.82) is 0 Å². The molecule has 0 saturated carbocycles. The number of aromatic nitrogens is 1. The van der Waals surface area contributed by atoms with Gasteiger partial charge in [-0.3, -0.25) is 0 Å². The van der Waals surface area contributed by atoms with E-state index in [1.165, 1.54) is 6.26 Å². The molecule has 0 aliphatic carbocycles. The second-order valence-electron chi connectivity index (χ2n) is 3.13. The topological polar surface area (TPSA) is 69.4 Å². The SMILES string of the molecule is Oc1c2ccoc2c(O)c2cc[nH]c12. The maximum absolute atomic E-state index is 9.81. The van der Waals surface area contributed by atoms with Crippen LogP contribution in [0.4, 0.5) is 0 Å². The van der Waals surface area contributed by atoms with Crippen LogP contribution in [0.5, 0.6) is 11.5 Å². The highest BCUT2D eigenvalue weighted by Crippen LogP contribution is 2.40. The summed E-state index contributed by atoms with van der Waals surface area (Å²) in [6.07, 6.45) is 3.09. The summed E-state index contributed by atoms with van der Waals surface area (Å²) < 4.78 is 5.08. The summed E-state index contributed by atoms with van der Waals surface area (Å²) in [5, 5.41) is 20.7. The first-order chi connectivity index (χ1) is 6.79. The first-order valence-corrected chi connectivity index (χ1v) is 4.17. The Kier molecular flexibility index (Phi) is 1.16. The average Bonchev–Trinajstić information content (AvgIpc) is 2.82. The number of H-pyrrole nitrogens is 1. The van der Waals surface area contributed by atoms with Gasteiger partial charge in [-0.05, 0) is 12.1 Å². The molecule has 0 amide bonds. The molecule has 0 saturated heterocycles. The van der Waals surface area contributed by atoms with Gasteiger partial charge in [0, 0.05) is 11.6 Å². The van der Waals surface area contributed by atoms with Crippen LogP contribution >= 0.6 is 0 Å². The van der Waals surface area contributed by atoms with Crippen molar-refractivity contribution in [3.8, 4) is 11.5 Å². The molecule has 1 aromatic carbocycles. The highest BCUT2D eigenvalue weighted by molar-refractivity contribution is 6.07. The molecule has 0 radical (unpaired) electrons. The van der Waals surface area contributed by atoms with E-state index in [-0.39, 0.29) is 11.5 Å². The van der Waals surface area contributed by atoms with Crippen LogP contribution in [0, 0.1) is 0 Å². The molecule has 4 nitrogen and oxygen atoms in total. The second-order valence-corrected chi connectivity index (χ2v) is 3.13. The highest BCUT2D eigenvalue weighted by atomic mass is 16.3. The van der Waals surface area contributed by atoms with Crippen molar-refractivity contribution in [3.63, 3.8) is 0 Å². The lowest BCUT2D eigenvalue weighted by atomic mass is 10.1. The zero-order valence-corrected chi connectivity index (χ0v) is 7.11. The van der Waals surface area contributed by atoms with Crippen LogP contribution in [-0.2, 0) is 0 Å². The molecule has 0 atom stereocenters. The van der Waals surface area contributed by atoms with Crippen LogP contribution in [0.15, 0.2) is 29.0 Å². The van der Waals surface area contributed by atoms with Gasteiger partial charge < -0.3 is 19.6 Å². The standard InChI is InChI=1S/C10H7NO3/c12-8-6-2-4-14-10(6)9(13)5-1-3-11-7(5)8/h1-4,11-13H. The first-order valence-electron chi connectivity index (χ1n) is 4.17. The molecule has 0 unspecified atom stereocenters. The van der Waals surface area contributed by atoms with E-state index in [1.54, 1.807) is 18.3 Å². The summed E-state index contributed by atoms with van der Waals surface area (Å²) in [5.41, 5.74) is 0.839. The maximum atomic E-state index is 9.81. The highest BCUT2D eigenvalue weighted by Gasteiger charge is 2.15. The lowest BCUT2D eigenvalue weighted by Gasteiger charge is -2.00. The van der Waals surface area contributed by atoms with Gasteiger partial charge in [-0.25, -0.2) is 0 Å². The maximum Gasteiger partial charge on any atom is 0.179 e. The largest absolute Gasteiger partial charge is 0.505 e. The number of fused-ring (bicyclic) bond motifs is 2. The molecule has 3 rings (SSSR count). The minimum atomic E-state index is 0.0547. The van der Waals surface area contributed by atoms with Crippen molar-refractivity contribution in [2.75, 3.05) is 0 Å². The molecule has 70 valence electrons. The Hall–Kier alpha value is -2.10. The molecule has 0 spiro atoms. The third-order valence-electron chi connectivity index (χ3n) is 2.37. The van der Waals surface area contributed by atoms with Gasteiger partial charge in [-0.1, -0.05) is 0 Å². The monoisotopic (exact) mass is 189 g/mol. The van der Waals surface area contributed by atoms with E-state index >= 15 is 0 Å². The summed E-state index contributed by atoms with van der Waals surface area (Å²) in [4.78, 5) is 2.86. The van der Waals surface area contributed by atoms with E-state index in [2.05, 4.69) is 4.98 Å². The van der Waals surface area contributed by atoms with Crippen molar-refractivity contribution in [2.24, 2.45) is 0 Å². The van der Waals surface area contributed by atoms with Gasteiger partial charge in [0.25, 0.3) is 0 Å². The number of aromatic hydroxyl groups is 2. The number of phenols is 2. The number of hydrogen-bond acceptors (Lipinski definition) is 3. The molecule has 0 aliphatic heterocycles. The van der Waals surface area contributed by atoms with Crippen molar-refractivity contribution in [2.45, 2.75) is 0 Å². The van der Waals surface area contributed by atoms with Crippen molar-refractivity contribution >= 4 is 21.9 Å². The number of furan rings is 1. The fraction of sp³-hybridized carbons (Fsp3) is 0. The molecular formula is C10H7NO3. The molecule has 3 aromatic rings. The number of rotatable bonds is 0. The van der Waals surface area contributed by atoms with Gasteiger partial charge >= 0.3 is 0 Å². The van der Waals surface area contributed by atoms with Gasteiger partial charge in [0.2, 0.25) is 0 Å². The Labute approximate surface area is 78.4 Å². The van der Waals surface area contributed by atoms with Crippen molar-refractivity contribution in [3.05, 3.63) is 24.6 Å². The Morgan fingerprint density at radius 1 is 1.07 bits per heavy atom. The van der Waals surface area contributed by atoms with Crippen LogP contribution in [0.3, 0.4) is 0 Å². The smallest absolute Gasteiger partial charge is 0.179 e. The number of hydrogen-bond donors (Lipinski definition) is 3. The van der Waals surface area contributed by atoms with Gasteiger partial charge in [0.15, 0.2) is 17.1 Å². The summed E-state index contributed by atoms with van der Waals surface area (Å²) in [6.45, 7) is 0. The number of benzene rings is 1. The summed E-state index contributed by atoms with van der Waals surface area (Å²) >= 11 is 0. The fourth-order valence-corrected chi connectivity index (χ4v) is 1.70. The summed E-state index contributed by atoms with van der Waals surface area (Å²) in [5.74, 6) is 0.158. The lowest BCUT2D eigenvalue weighted by molar-refractivity contribution is 0.465. The summed E-state index contributed by atoms with van der Waals surface area (Å²) in [6, 6.07) is 3.30. The normalized spacial score (nSPS) is 11.4. The number of nitrogens with one attached hydrogen (secondary N) is 1. The van der Waals surface area contributed by atoms with Crippen LogP contribution in [0.25, 0.3) is 21.9 Å². The van der Waals surface area contributed by atoms with E-state index in [0.29, 0.717) is 21.9 Å². The fourth-order valence-electron chi connectivity index (χ4n) is 1.70.